The van der Waals surface area contributed by atoms with E-state index in [1.165, 1.54) is 0 Å². The number of hydrogen-bond acceptors (Lipinski definition) is 5. The second-order valence-electron chi connectivity index (χ2n) is 6.67. The first-order valence-electron chi connectivity index (χ1n) is 9.06. The minimum atomic E-state index is -0.509. The van der Waals surface area contributed by atoms with E-state index in [-0.39, 0.29) is 11.7 Å². The highest BCUT2D eigenvalue weighted by molar-refractivity contribution is 9.10. The Kier molecular flexibility index (Phi) is 10.0. The Morgan fingerprint density at radius 1 is 1.06 bits per heavy atom. The molecule has 0 aliphatic carbocycles. The summed E-state index contributed by atoms with van der Waals surface area (Å²) in [5.74, 6) is 0.433. The minimum absolute atomic E-state index is 0.0729. The van der Waals surface area contributed by atoms with Crippen LogP contribution < -0.4 is 25.6 Å². The average molecular weight is 594 g/mol. The normalized spacial score (nSPS) is 10.4. The average Bonchev–Trinajstić information content (AvgIpc) is 2.70. The van der Waals surface area contributed by atoms with Crippen molar-refractivity contribution in [2.24, 2.45) is 5.92 Å². The van der Waals surface area contributed by atoms with E-state index in [1.54, 1.807) is 36.4 Å². The zero-order chi connectivity index (χ0) is 23.0. The first-order chi connectivity index (χ1) is 14.7. The maximum absolute atomic E-state index is 12.3. The van der Waals surface area contributed by atoms with E-state index in [0.717, 1.165) is 4.47 Å². The van der Waals surface area contributed by atoms with Crippen molar-refractivity contribution in [3.63, 3.8) is 0 Å². The summed E-state index contributed by atoms with van der Waals surface area (Å²) >= 11 is 17.7. The van der Waals surface area contributed by atoms with Gasteiger partial charge in [0.1, 0.15) is 11.5 Å². The van der Waals surface area contributed by atoms with Gasteiger partial charge in [0.05, 0.1) is 16.1 Å². The van der Waals surface area contributed by atoms with Crippen LogP contribution in [0, 0.1) is 5.92 Å². The number of nitrogens with one attached hydrogen (secondary N) is 3. The number of hydrogen-bond donors (Lipinski definition) is 3. The molecule has 7 nitrogen and oxygen atoms in total. The molecule has 0 spiro atoms. The molecule has 166 valence electrons. The van der Waals surface area contributed by atoms with Gasteiger partial charge in [-0.15, -0.1) is 0 Å². The van der Waals surface area contributed by atoms with Crippen LogP contribution in [0.25, 0.3) is 0 Å². The van der Waals surface area contributed by atoms with Gasteiger partial charge in [0, 0.05) is 10.0 Å². The molecule has 3 N–H and O–H groups in total. The largest absolute Gasteiger partial charge is 0.492 e. The second-order valence-corrected chi connectivity index (χ2v) is 9.26. The van der Waals surface area contributed by atoms with Crippen molar-refractivity contribution in [3.05, 3.63) is 55.9 Å². The fourth-order valence-corrected chi connectivity index (χ4v) is 3.49. The zero-order valence-corrected chi connectivity index (χ0v) is 21.4. The lowest BCUT2D eigenvalue weighted by Gasteiger charge is -2.13. The van der Waals surface area contributed by atoms with E-state index in [9.17, 15) is 9.59 Å². The number of ether oxygens (including phenoxy) is 2. The number of carbonyl (C=O) groups is 2. The number of thiocarbonyl (C=S) groups is 1. The summed E-state index contributed by atoms with van der Waals surface area (Å²) in [7, 11) is 0. The predicted molar refractivity (Wildman–Crippen MR) is 130 cm³/mol. The van der Waals surface area contributed by atoms with Gasteiger partial charge in [-0.05, 0) is 70.5 Å². The van der Waals surface area contributed by atoms with E-state index in [4.69, 9.17) is 33.3 Å². The van der Waals surface area contributed by atoms with E-state index >= 15 is 0 Å². The zero-order valence-electron chi connectivity index (χ0n) is 16.6. The predicted octanol–water partition coefficient (Wildman–Crippen LogP) is 4.61. The molecule has 0 atom stereocenters. The molecule has 2 amide bonds. The molecular formula is C20H20Br2ClN3O4S. The summed E-state index contributed by atoms with van der Waals surface area (Å²) in [6.07, 6.45) is 0. The van der Waals surface area contributed by atoms with Crippen molar-refractivity contribution in [2.45, 2.75) is 13.8 Å². The van der Waals surface area contributed by atoms with Crippen LogP contribution in [-0.2, 0) is 4.79 Å². The summed E-state index contributed by atoms with van der Waals surface area (Å²) < 4.78 is 12.4. The topological polar surface area (TPSA) is 88.7 Å². The van der Waals surface area contributed by atoms with Crippen molar-refractivity contribution in [1.82, 2.24) is 16.2 Å². The third kappa shape index (κ3) is 8.64. The van der Waals surface area contributed by atoms with Gasteiger partial charge >= 0.3 is 0 Å². The van der Waals surface area contributed by atoms with Crippen molar-refractivity contribution in [3.8, 4) is 11.5 Å². The van der Waals surface area contributed by atoms with Crippen molar-refractivity contribution in [2.75, 3.05) is 13.2 Å². The first-order valence-corrected chi connectivity index (χ1v) is 11.4. The molecule has 0 bridgehead atoms. The van der Waals surface area contributed by atoms with Gasteiger partial charge in [-0.25, -0.2) is 0 Å². The summed E-state index contributed by atoms with van der Waals surface area (Å²) in [4.78, 5) is 24.3. The maximum atomic E-state index is 12.3. The summed E-state index contributed by atoms with van der Waals surface area (Å²) in [5, 5.41) is 2.77. The SMILES string of the molecule is CC(C)COc1ccc(C(=O)NC(=S)NNC(=O)COc2ccc(Br)cc2Cl)cc1Br. The quantitative estimate of drug-likeness (QED) is 0.321. The molecule has 2 rings (SSSR count). The molecule has 0 aliphatic heterocycles. The molecule has 31 heavy (non-hydrogen) atoms. The lowest BCUT2D eigenvalue weighted by atomic mass is 10.2. The van der Waals surface area contributed by atoms with E-state index < -0.39 is 11.8 Å². The number of rotatable bonds is 7. The van der Waals surface area contributed by atoms with Crippen LogP contribution in [0.1, 0.15) is 24.2 Å². The molecule has 0 aliphatic rings. The van der Waals surface area contributed by atoms with E-state index in [1.807, 2.05) is 13.8 Å². The third-order valence-electron chi connectivity index (χ3n) is 3.56. The Labute approximate surface area is 207 Å². The Balaban J connectivity index is 1.79. The second kappa shape index (κ2) is 12.2. The Morgan fingerprint density at radius 3 is 2.42 bits per heavy atom. The van der Waals surface area contributed by atoms with E-state index in [2.05, 4.69) is 48.0 Å². The first kappa shape index (κ1) is 25.4. The van der Waals surface area contributed by atoms with Crippen LogP contribution in [-0.4, -0.2) is 30.1 Å². The van der Waals surface area contributed by atoms with Gasteiger partial charge in [-0.1, -0.05) is 41.4 Å². The Bertz CT molecular complexity index is 975. The van der Waals surface area contributed by atoms with Crippen LogP contribution >= 0.6 is 55.7 Å². The highest BCUT2D eigenvalue weighted by Gasteiger charge is 2.12. The number of carbonyl (C=O) groups excluding carboxylic acids is 2. The van der Waals surface area contributed by atoms with Crippen LogP contribution in [0.3, 0.4) is 0 Å². The molecule has 0 fully saturated rings. The Hall–Kier alpha value is -1.88. The molecule has 0 saturated heterocycles. The van der Waals surface area contributed by atoms with Crippen molar-refractivity contribution < 1.29 is 19.1 Å². The summed E-state index contributed by atoms with van der Waals surface area (Å²) in [5.41, 5.74) is 5.15. The molecule has 2 aromatic rings. The smallest absolute Gasteiger partial charge is 0.276 e. The maximum Gasteiger partial charge on any atom is 0.276 e. The standard InChI is InChI=1S/C20H20Br2ClN3O4S/c1-11(2)9-29-16-5-3-12(7-14(16)22)19(28)24-20(31)26-25-18(27)10-30-17-6-4-13(21)8-15(17)23/h3-8,11H,9-10H2,1-2H3,(H,25,27)(H2,24,26,28,31). The van der Waals surface area contributed by atoms with Gasteiger partial charge < -0.3 is 9.47 Å². The van der Waals surface area contributed by atoms with Gasteiger partial charge in [0.15, 0.2) is 11.7 Å². The molecule has 11 heteroatoms. The van der Waals surface area contributed by atoms with Crippen LogP contribution in [0.5, 0.6) is 11.5 Å². The highest BCUT2D eigenvalue weighted by atomic mass is 79.9. The third-order valence-corrected chi connectivity index (χ3v) is 5.17. The Morgan fingerprint density at radius 2 is 1.77 bits per heavy atom. The monoisotopic (exact) mass is 591 g/mol. The molecule has 2 aromatic carbocycles. The molecule has 0 radical (unpaired) electrons. The van der Waals surface area contributed by atoms with Gasteiger partial charge in [-0.3, -0.25) is 25.8 Å². The van der Waals surface area contributed by atoms with Crippen molar-refractivity contribution in [1.29, 1.82) is 0 Å². The number of benzene rings is 2. The molecule has 0 unspecified atom stereocenters. The molecule has 0 saturated carbocycles. The number of halogens is 3. The van der Waals surface area contributed by atoms with Crippen LogP contribution in [0.4, 0.5) is 0 Å². The van der Waals surface area contributed by atoms with Gasteiger partial charge in [0.2, 0.25) is 0 Å². The van der Waals surface area contributed by atoms with Crippen LogP contribution in [0.15, 0.2) is 45.3 Å². The van der Waals surface area contributed by atoms with Crippen molar-refractivity contribution >= 4 is 72.6 Å². The van der Waals surface area contributed by atoms with Gasteiger partial charge in [-0.2, -0.15) is 0 Å². The van der Waals surface area contributed by atoms with Crippen LogP contribution in [0.2, 0.25) is 5.02 Å². The fourth-order valence-electron chi connectivity index (χ4n) is 2.12. The number of amides is 2. The summed E-state index contributed by atoms with van der Waals surface area (Å²) in [6.45, 7) is 4.36. The summed E-state index contributed by atoms with van der Waals surface area (Å²) in [6, 6.07) is 9.97. The molecule has 0 heterocycles. The molecular weight excluding hydrogens is 574 g/mol. The van der Waals surface area contributed by atoms with Gasteiger partial charge in [0.25, 0.3) is 11.8 Å². The van der Waals surface area contributed by atoms with E-state index in [0.29, 0.717) is 39.1 Å². The highest BCUT2D eigenvalue weighted by Crippen LogP contribution is 2.28. The lowest BCUT2D eigenvalue weighted by molar-refractivity contribution is -0.123. The molecule has 0 aromatic heterocycles. The minimum Gasteiger partial charge on any atom is -0.492 e. The number of hydrazine groups is 1. The lowest BCUT2D eigenvalue weighted by Crippen LogP contribution is -2.49. The fraction of sp³-hybridized carbons (Fsp3) is 0.250.